The molecule has 5 heteroatoms. The van der Waals surface area contributed by atoms with Crippen molar-refractivity contribution in [1.82, 2.24) is 4.98 Å². The van der Waals surface area contributed by atoms with Crippen molar-refractivity contribution < 1.29 is 4.92 Å². The fourth-order valence-electron chi connectivity index (χ4n) is 1.38. The average Bonchev–Trinajstić information content (AvgIpc) is 2.30. The Morgan fingerprint density at radius 2 is 1.88 bits per heavy atom. The Balaban J connectivity index is 2.59. The van der Waals surface area contributed by atoms with Gasteiger partial charge in [-0.1, -0.05) is 41.9 Å². The molecule has 1 aromatic carbocycles. The Kier molecular flexibility index (Phi) is 2.83. The molecule has 0 saturated heterocycles. The first-order valence-electron chi connectivity index (χ1n) is 4.53. The van der Waals surface area contributed by atoms with Crippen molar-refractivity contribution in [3.63, 3.8) is 0 Å². The lowest BCUT2D eigenvalue weighted by Crippen LogP contribution is -1.92. The third-order valence-corrected chi connectivity index (χ3v) is 2.54. The summed E-state index contributed by atoms with van der Waals surface area (Å²) < 4.78 is 0. The second-order valence-corrected chi connectivity index (χ2v) is 3.52. The molecule has 0 aliphatic heterocycles. The standard InChI is InChI=1S/C11H7ClN2O2/c12-11-9(8-4-2-1-3-5-8)6-13-7-10(11)14(15)16/h1-7H. The maximum Gasteiger partial charge on any atom is 0.306 e. The minimum atomic E-state index is -0.540. The summed E-state index contributed by atoms with van der Waals surface area (Å²) >= 11 is 5.96. The second kappa shape index (κ2) is 4.28. The monoisotopic (exact) mass is 234 g/mol. The molecule has 0 atom stereocenters. The fourth-order valence-corrected chi connectivity index (χ4v) is 1.66. The minimum absolute atomic E-state index is 0.117. The van der Waals surface area contributed by atoms with E-state index in [-0.39, 0.29) is 10.7 Å². The Hall–Kier alpha value is -1.94. The van der Waals surface area contributed by atoms with Crippen molar-refractivity contribution in [2.24, 2.45) is 0 Å². The SMILES string of the molecule is O=[N+]([O-])c1cncc(-c2ccccc2)c1Cl. The zero-order chi connectivity index (χ0) is 11.5. The van der Waals surface area contributed by atoms with Crippen LogP contribution in [0, 0.1) is 10.1 Å². The van der Waals surface area contributed by atoms with Crippen molar-refractivity contribution in [3.05, 3.63) is 57.9 Å². The van der Waals surface area contributed by atoms with E-state index in [1.165, 1.54) is 6.20 Å². The van der Waals surface area contributed by atoms with Gasteiger partial charge in [-0.2, -0.15) is 0 Å². The number of halogens is 1. The second-order valence-electron chi connectivity index (χ2n) is 3.14. The molecule has 0 saturated carbocycles. The van der Waals surface area contributed by atoms with Gasteiger partial charge in [-0.15, -0.1) is 0 Å². The summed E-state index contributed by atoms with van der Waals surface area (Å²) in [5, 5.41) is 10.8. The van der Waals surface area contributed by atoms with Gasteiger partial charge in [0.05, 0.1) is 4.92 Å². The lowest BCUT2D eigenvalue weighted by Gasteiger charge is -2.03. The third-order valence-electron chi connectivity index (χ3n) is 2.14. The van der Waals surface area contributed by atoms with Crippen LogP contribution >= 0.6 is 11.6 Å². The van der Waals surface area contributed by atoms with E-state index in [9.17, 15) is 10.1 Å². The molecule has 0 unspecified atom stereocenters. The van der Waals surface area contributed by atoms with Gasteiger partial charge in [-0.05, 0) is 5.56 Å². The smallest absolute Gasteiger partial charge is 0.258 e. The van der Waals surface area contributed by atoms with Crippen molar-refractivity contribution >= 4 is 17.3 Å². The molecule has 0 N–H and O–H groups in total. The summed E-state index contributed by atoms with van der Waals surface area (Å²) in [5.74, 6) is 0. The zero-order valence-electron chi connectivity index (χ0n) is 8.13. The number of rotatable bonds is 2. The summed E-state index contributed by atoms with van der Waals surface area (Å²) in [5.41, 5.74) is 1.20. The molecule has 0 aliphatic carbocycles. The molecule has 1 aromatic heterocycles. The molecule has 0 fully saturated rings. The van der Waals surface area contributed by atoms with Crippen LogP contribution in [0.4, 0.5) is 5.69 Å². The van der Waals surface area contributed by atoms with Gasteiger partial charge in [0.15, 0.2) is 0 Å². The van der Waals surface area contributed by atoms with Crippen LogP contribution in [0.25, 0.3) is 11.1 Å². The molecule has 0 amide bonds. The largest absolute Gasteiger partial charge is 0.306 e. The lowest BCUT2D eigenvalue weighted by molar-refractivity contribution is -0.385. The molecule has 0 bridgehead atoms. The van der Waals surface area contributed by atoms with Gasteiger partial charge in [-0.3, -0.25) is 15.1 Å². The minimum Gasteiger partial charge on any atom is -0.258 e. The topological polar surface area (TPSA) is 56.0 Å². The summed E-state index contributed by atoms with van der Waals surface area (Å²) in [6.45, 7) is 0. The van der Waals surface area contributed by atoms with Gasteiger partial charge in [0.1, 0.15) is 11.2 Å². The van der Waals surface area contributed by atoms with Crippen molar-refractivity contribution in [1.29, 1.82) is 0 Å². The molecule has 80 valence electrons. The molecule has 16 heavy (non-hydrogen) atoms. The highest BCUT2D eigenvalue weighted by Gasteiger charge is 2.16. The summed E-state index contributed by atoms with van der Waals surface area (Å²) in [6.07, 6.45) is 2.67. The highest BCUT2D eigenvalue weighted by Crippen LogP contribution is 2.33. The highest BCUT2D eigenvalue weighted by molar-refractivity contribution is 6.35. The van der Waals surface area contributed by atoms with E-state index in [2.05, 4.69) is 4.98 Å². The lowest BCUT2D eigenvalue weighted by atomic mass is 10.1. The van der Waals surface area contributed by atoms with Gasteiger partial charge >= 0.3 is 5.69 Å². The van der Waals surface area contributed by atoms with E-state index in [4.69, 9.17) is 11.6 Å². The Labute approximate surface area is 96.7 Å². The van der Waals surface area contributed by atoms with Gasteiger partial charge in [0, 0.05) is 11.8 Å². The Morgan fingerprint density at radius 3 is 2.50 bits per heavy atom. The first kappa shape index (κ1) is 10.6. The van der Waals surface area contributed by atoms with Crippen LogP contribution in [0.3, 0.4) is 0 Å². The van der Waals surface area contributed by atoms with Crippen LogP contribution in [0.5, 0.6) is 0 Å². The molecule has 1 heterocycles. The number of hydrogen-bond donors (Lipinski definition) is 0. The third kappa shape index (κ3) is 1.87. The first-order valence-corrected chi connectivity index (χ1v) is 4.91. The summed E-state index contributed by atoms with van der Waals surface area (Å²) in [6, 6.07) is 9.19. The van der Waals surface area contributed by atoms with Crippen LogP contribution in [0.15, 0.2) is 42.7 Å². The number of benzene rings is 1. The average molecular weight is 235 g/mol. The number of aromatic nitrogens is 1. The van der Waals surface area contributed by atoms with E-state index in [1.54, 1.807) is 0 Å². The van der Waals surface area contributed by atoms with Crippen LogP contribution in [0.1, 0.15) is 0 Å². The predicted octanol–water partition coefficient (Wildman–Crippen LogP) is 3.31. The van der Waals surface area contributed by atoms with Crippen LogP contribution in [-0.2, 0) is 0 Å². The van der Waals surface area contributed by atoms with E-state index >= 15 is 0 Å². The molecule has 0 radical (unpaired) electrons. The molecule has 0 spiro atoms. The fraction of sp³-hybridized carbons (Fsp3) is 0. The highest BCUT2D eigenvalue weighted by atomic mass is 35.5. The molecule has 2 aromatic rings. The Bertz CT molecular complexity index is 529. The maximum atomic E-state index is 10.7. The predicted molar refractivity (Wildman–Crippen MR) is 61.3 cm³/mol. The van der Waals surface area contributed by atoms with Gasteiger partial charge in [0.25, 0.3) is 0 Å². The molecular formula is C11H7ClN2O2. The molecule has 0 aliphatic rings. The van der Waals surface area contributed by atoms with Gasteiger partial charge in [0.2, 0.25) is 0 Å². The molecule has 4 nitrogen and oxygen atoms in total. The van der Waals surface area contributed by atoms with Crippen LogP contribution in [-0.4, -0.2) is 9.91 Å². The van der Waals surface area contributed by atoms with Crippen molar-refractivity contribution in [3.8, 4) is 11.1 Å². The molecular weight excluding hydrogens is 228 g/mol. The number of hydrogen-bond acceptors (Lipinski definition) is 3. The number of pyridine rings is 1. The maximum absolute atomic E-state index is 10.7. The quantitative estimate of drug-likeness (QED) is 0.592. The van der Waals surface area contributed by atoms with E-state index in [0.717, 1.165) is 11.8 Å². The van der Waals surface area contributed by atoms with Crippen molar-refractivity contribution in [2.45, 2.75) is 0 Å². The molecule has 2 rings (SSSR count). The zero-order valence-corrected chi connectivity index (χ0v) is 8.89. The normalized spacial score (nSPS) is 10.1. The van der Waals surface area contributed by atoms with Crippen LogP contribution < -0.4 is 0 Å². The van der Waals surface area contributed by atoms with Crippen LogP contribution in [0.2, 0.25) is 5.02 Å². The summed E-state index contributed by atoms with van der Waals surface area (Å²) in [7, 11) is 0. The van der Waals surface area contributed by atoms with E-state index in [0.29, 0.717) is 5.56 Å². The van der Waals surface area contributed by atoms with E-state index < -0.39 is 4.92 Å². The van der Waals surface area contributed by atoms with E-state index in [1.807, 2.05) is 30.3 Å². The first-order chi connectivity index (χ1) is 7.70. The number of nitro groups is 1. The van der Waals surface area contributed by atoms with Crippen molar-refractivity contribution in [2.75, 3.05) is 0 Å². The Morgan fingerprint density at radius 1 is 1.19 bits per heavy atom. The number of nitrogens with zero attached hydrogens (tertiary/aromatic N) is 2. The summed E-state index contributed by atoms with van der Waals surface area (Å²) in [4.78, 5) is 14.0. The van der Waals surface area contributed by atoms with Gasteiger partial charge < -0.3 is 0 Å². The van der Waals surface area contributed by atoms with Gasteiger partial charge in [-0.25, -0.2) is 0 Å².